The largest absolute Gasteiger partial charge is 0.381 e. The van der Waals surface area contributed by atoms with Gasteiger partial charge in [0.2, 0.25) is 5.91 Å². The molecular weight excluding hydrogens is 280 g/mol. The quantitative estimate of drug-likeness (QED) is 0.860. The highest BCUT2D eigenvalue weighted by atomic mass is 16.5. The van der Waals surface area contributed by atoms with E-state index in [4.69, 9.17) is 4.74 Å². The van der Waals surface area contributed by atoms with E-state index in [9.17, 15) is 9.59 Å². The summed E-state index contributed by atoms with van der Waals surface area (Å²) in [4.78, 5) is 26.2. The van der Waals surface area contributed by atoms with Crippen molar-refractivity contribution < 1.29 is 9.53 Å². The molecule has 1 amide bonds. The van der Waals surface area contributed by atoms with Gasteiger partial charge in [-0.05, 0) is 23.9 Å². The molecule has 5 heteroatoms. The molecule has 0 bridgehead atoms. The van der Waals surface area contributed by atoms with Gasteiger partial charge in [0.1, 0.15) is 6.54 Å². The first-order chi connectivity index (χ1) is 10.6. The Morgan fingerprint density at radius 3 is 2.91 bits per heavy atom. The maximum absolute atomic E-state index is 12.4. The summed E-state index contributed by atoms with van der Waals surface area (Å²) in [6.07, 6.45) is 0.992. The number of benzene rings is 1. The van der Waals surface area contributed by atoms with Crippen molar-refractivity contribution in [1.82, 2.24) is 9.47 Å². The number of amides is 1. The molecule has 1 saturated heterocycles. The van der Waals surface area contributed by atoms with Crippen LogP contribution in [0.25, 0.3) is 10.9 Å². The third-order valence-corrected chi connectivity index (χ3v) is 4.17. The van der Waals surface area contributed by atoms with E-state index in [2.05, 4.69) is 0 Å². The minimum atomic E-state index is -0.148. The fraction of sp³-hybridized carbons (Fsp3) is 0.412. The molecule has 0 saturated carbocycles. The lowest BCUT2D eigenvalue weighted by Gasteiger charge is -2.21. The molecule has 0 radical (unpaired) electrons. The van der Waals surface area contributed by atoms with Crippen LogP contribution in [0, 0.1) is 5.92 Å². The number of ether oxygens (including phenoxy) is 1. The minimum absolute atomic E-state index is 0.0506. The Bertz CT molecular complexity index is 732. The van der Waals surface area contributed by atoms with E-state index < -0.39 is 0 Å². The van der Waals surface area contributed by atoms with E-state index in [1.807, 2.05) is 24.3 Å². The zero-order valence-corrected chi connectivity index (χ0v) is 12.7. The molecule has 1 aliphatic heterocycles. The Kier molecular flexibility index (Phi) is 4.24. The summed E-state index contributed by atoms with van der Waals surface area (Å²) < 4.78 is 6.88. The lowest BCUT2D eigenvalue weighted by atomic mass is 10.1. The van der Waals surface area contributed by atoms with Gasteiger partial charge in [0.05, 0.1) is 12.1 Å². The topological polar surface area (TPSA) is 51.5 Å². The Morgan fingerprint density at radius 1 is 1.32 bits per heavy atom. The number of para-hydroxylation sites is 1. The van der Waals surface area contributed by atoms with Crippen molar-refractivity contribution in [1.29, 1.82) is 0 Å². The zero-order valence-electron chi connectivity index (χ0n) is 12.7. The molecule has 0 N–H and O–H groups in total. The maximum Gasteiger partial charge on any atom is 0.251 e. The maximum atomic E-state index is 12.4. The second-order valence-corrected chi connectivity index (χ2v) is 5.82. The second kappa shape index (κ2) is 6.32. The zero-order chi connectivity index (χ0) is 15.5. The van der Waals surface area contributed by atoms with Crippen LogP contribution in [-0.4, -0.2) is 42.2 Å². The molecule has 1 atom stereocenters. The van der Waals surface area contributed by atoms with E-state index in [1.165, 1.54) is 6.07 Å². The van der Waals surface area contributed by atoms with Crippen LogP contribution in [0.15, 0.2) is 41.2 Å². The molecule has 116 valence electrons. The minimum Gasteiger partial charge on any atom is -0.381 e. The van der Waals surface area contributed by atoms with E-state index in [0.29, 0.717) is 19.1 Å². The Labute approximate surface area is 129 Å². The van der Waals surface area contributed by atoms with Crippen LogP contribution in [0.4, 0.5) is 0 Å². The van der Waals surface area contributed by atoms with E-state index in [0.717, 1.165) is 23.9 Å². The van der Waals surface area contributed by atoms with Crippen molar-refractivity contribution >= 4 is 16.8 Å². The van der Waals surface area contributed by atoms with Crippen molar-refractivity contribution in [3.8, 4) is 0 Å². The summed E-state index contributed by atoms with van der Waals surface area (Å²) in [5.41, 5.74) is 0.644. The number of fused-ring (bicyclic) bond motifs is 1. The number of carbonyl (C=O) groups is 1. The van der Waals surface area contributed by atoms with Gasteiger partial charge in [0.15, 0.2) is 0 Å². The highest BCUT2D eigenvalue weighted by molar-refractivity contribution is 5.82. The molecule has 5 nitrogen and oxygen atoms in total. The molecule has 1 aromatic heterocycles. The van der Waals surface area contributed by atoms with E-state index in [1.54, 1.807) is 22.6 Å². The molecule has 2 aromatic rings. The van der Waals surface area contributed by atoms with Gasteiger partial charge in [-0.1, -0.05) is 18.2 Å². The predicted molar refractivity (Wildman–Crippen MR) is 84.8 cm³/mol. The van der Waals surface area contributed by atoms with Crippen LogP contribution in [0.2, 0.25) is 0 Å². The van der Waals surface area contributed by atoms with E-state index >= 15 is 0 Å². The predicted octanol–water partition coefficient (Wildman–Crippen LogP) is 1.50. The number of hydrogen-bond donors (Lipinski definition) is 0. The standard InChI is InChI=1S/C17H20N2O3/c1-18(10-13-8-9-22-12-13)17(21)11-19-15-5-3-2-4-14(15)6-7-16(19)20/h2-7,13H,8-12H2,1H3. The highest BCUT2D eigenvalue weighted by Crippen LogP contribution is 2.14. The van der Waals surface area contributed by atoms with Gasteiger partial charge in [-0.3, -0.25) is 14.2 Å². The lowest BCUT2D eigenvalue weighted by Crippen LogP contribution is -2.36. The number of likely N-dealkylation sites (N-methyl/N-ethyl adjacent to an activating group) is 1. The number of rotatable bonds is 4. The highest BCUT2D eigenvalue weighted by Gasteiger charge is 2.20. The van der Waals surface area contributed by atoms with Gasteiger partial charge in [-0.2, -0.15) is 0 Å². The molecule has 1 fully saturated rings. The lowest BCUT2D eigenvalue weighted by molar-refractivity contribution is -0.131. The smallest absolute Gasteiger partial charge is 0.251 e. The number of carbonyl (C=O) groups excluding carboxylic acids is 1. The molecule has 22 heavy (non-hydrogen) atoms. The summed E-state index contributed by atoms with van der Waals surface area (Å²) in [5.74, 6) is 0.351. The summed E-state index contributed by atoms with van der Waals surface area (Å²) in [6, 6.07) is 10.9. The molecule has 1 unspecified atom stereocenters. The first kappa shape index (κ1) is 14.8. The van der Waals surface area contributed by atoms with Crippen molar-refractivity contribution in [2.45, 2.75) is 13.0 Å². The molecule has 3 rings (SSSR count). The van der Waals surface area contributed by atoms with Gasteiger partial charge in [0, 0.05) is 32.2 Å². The normalized spacial score (nSPS) is 17.8. The van der Waals surface area contributed by atoms with Crippen LogP contribution in [-0.2, 0) is 16.1 Å². The fourth-order valence-electron chi connectivity index (χ4n) is 2.88. The summed E-state index contributed by atoms with van der Waals surface area (Å²) in [6.45, 7) is 2.24. The SMILES string of the molecule is CN(CC1CCOC1)C(=O)Cn1c(=O)ccc2ccccc21. The summed E-state index contributed by atoms with van der Waals surface area (Å²) >= 11 is 0. The second-order valence-electron chi connectivity index (χ2n) is 5.82. The van der Waals surface area contributed by atoms with Crippen LogP contribution in [0.3, 0.4) is 0 Å². The molecule has 1 aromatic carbocycles. The van der Waals surface area contributed by atoms with Crippen LogP contribution in [0.1, 0.15) is 6.42 Å². The van der Waals surface area contributed by atoms with Gasteiger partial charge in [-0.25, -0.2) is 0 Å². The summed E-state index contributed by atoms with van der Waals surface area (Å²) in [7, 11) is 1.79. The van der Waals surface area contributed by atoms with Crippen molar-refractivity contribution in [3.05, 3.63) is 46.8 Å². The monoisotopic (exact) mass is 300 g/mol. The Morgan fingerprint density at radius 2 is 2.14 bits per heavy atom. The number of pyridine rings is 1. The number of nitrogens with zero attached hydrogens (tertiary/aromatic N) is 2. The van der Waals surface area contributed by atoms with Crippen LogP contribution < -0.4 is 5.56 Å². The van der Waals surface area contributed by atoms with Crippen molar-refractivity contribution in [2.75, 3.05) is 26.8 Å². The van der Waals surface area contributed by atoms with Gasteiger partial charge >= 0.3 is 0 Å². The molecule has 2 heterocycles. The van der Waals surface area contributed by atoms with Crippen molar-refractivity contribution in [3.63, 3.8) is 0 Å². The molecular formula is C17H20N2O3. The van der Waals surface area contributed by atoms with Gasteiger partial charge in [0.25, 0.3) is 5.56 Å². The fourth-order valence-corrected chi connectivity index (χ4v) is 2.88. The average Bonchev–Trinajstić information content (AvgIpc) is 3.03. The van der Waals surface area contributed by atoms with Gasteiger partial charge < -0.3 is 9.64 Å². The number of hydrogen-bond acceptors (Lipinski definition) is 3. The van der Waals surface area contributed by atoms with Crippen LogP contribution in [0.5, 0.6) is 0 Å². The van der Waals surface area contributed by atoms with Crippen molar-refractivity contribution in [2.24, 2.45) is 5.92 Å². The summed E-state index contributed by atoms with van der Waals surface area (Å²) in [5, 5.41) is 0.960. The molecule has 1 aliphatic rings. The first-order valence-corrected chi connectivity index (χ1v) is 7.55. The van der Waals surface area contributed by atoms with Crippen LogP contribution >= 0.6 is 0 Å². The average molecular weight is 300 g/mol. The Hall–Kier alpha value is -2.14. The molecule has 0 spiro atoms. The first-order valence-electron chi connectivity index (χ1n) is 7.55. The van der Waals surface area contributed by atoms with E-state index in [-0.39, 0.29) is 18.0 Å². The third kappa shape index (κ3) is 3.04. The molecule has 0 aliphatic carbocycles. The number of aromatic nitrogens is 1. The van der Waals surface area contributed by atoms with Gasteiger partial charge in [-0.15, -0.1) is 0 Å². The Balaban J connectivity index is 1.78. The third-order valence-electron chi connectivity index (χ3n) is 4.17.